The molecule has 0 aromatic heterocycles. The second-order valence-electron chi connectivity index (χ2n) is 12.5. The monoisotopic (exact) mass is 508 g/mol. The van der Waals surface area contributed by atoms with Crippen LogP contribution >= 0.6 is 0 Å². The van der Waals surface area contributed by atoms with Gasteiger partial charge in [-0.15, -0.1) is 0 Å². The van der Waals surface area contributed by atoms with Gasteiger partial charge in [-0.25, -0.2) is 9.59 Å². The summed E-state index contributed by atoms with van der Waals surface area (Å²) >= 11 is 0. The van der Waals surface area contributed by atoms with E-state index in [4.69, 9.17) is 10.2 Å². The van der Waals surface area contributed by atoms with Crippen LogP contribution < -0.4 is 0 Å². The number of carbonyl (C=O) groups is 2. The second-order valence-corrected chi connectivity index (χ2v) is 12.5. The molecule has 6 atom stereocenters. The van der Waals surface area contributed by atoms with Crippen molar-refractivity contribution < 1.29 is 40.2 Å². The first-order valence-corrected chi connectivity index (χ1v) is 13.2. The van der Waals surface area contributed by atoms with E-state index >= 15 is 0 Å². The van der Waals surface area contributed by atoms with Gasteiger partial charge >= 0.3 is 11.9 Å². The van der Waals surface area contributed by atoms with E-state index < -0.39 is 35.3 Å². The normalized spacial score (nSPS) is 44.2. The summed E-state index contributed by atoms with van der Waals surface area (Å²) in [4.78, 5) is 19.2. The number of carboxylic acids is 2. The molecule has 0 heterocycles. The molecule has 6 N–H and O–H groups in total. The van der Waals surface area contributed by atoms with Gasteiger partial charge in [0.05, 0.1) is 23.4 Å². The molecule has 8 nitrogen and oxygen atoms in total. The predicted octanol–water partition coefficient (Wildman–Crippen LogP) is 3.13. The van der Waals surface area contributed by atoms with Crippen LogP contribution in [0, 0.1) is 35.5 Å². The van der Waals surface area contributed by atoms with Gasteiger partial charge in [-0.1, -0.05) is 13.2 Å². The molecule has 204 valence electrons. The topological polar surface area (TPSA) is 156 Å². The maximum absolute atomic E-state index is 10.1. The van der Waals surface area contributed by atoms with Crippen LogP contribution in [-0.4, -0.2) is 66.0 Å². The van der Waals surface area contributed by atoms with E-state index in [-0.39, 0.29) is 11.1 Å². The molecule has 8 fully saturated rings. The first-order chi connectivity index (χ1) is 16.6. The zero-order valence-electron chi connectivity index (χ0n) is 21.6. The molecular weight excluding hydrogens is 464 g/mol. The molecule has 0 aliphatic heterocycles. The van der Waals surface area contributed by atoms with E-state index in [0.717, 1.165) is 49.4 Å². The van der Waals surface area contributed by atoms with Crippen molar-refractivity contribution in [1.29, 1.82) is 0 Å². The van der Waals surface area contributed by atoms with Crippen LogP contribution in [0.4, 0.5) is 0 Å². The van der Waals surface area contributed by atoms with Crippen LogP contribution in [0.3, 0.4) is 0 Å². The summed E-state index contributed by atoms with van der Waals surface area (Å²) in [5, 5.41) is 55.7. The van der Waals surface area contributed by atoms with E-state index in [1.54, 1.807) is 0 Å². The third kappa shape index (κ3) is 6.39. The Labute approximate surface area is 213 Å². The minimum atomic E-state index is -0.935. The average Bonchev–Trinajstić information content (AvgIpc) is 2.75. The first kappa shape index (κ1) is 28.8. The lowest BCUT2D eigenvalue weighted by atomic mass is 9.53. The number of aliphatic hydroxyl groups excluding tert-OH is 2. The highest BCUT2D eigenvalue weighted by molar-refractivity contribution is 5.85. The van der Waals surface area contributed by atoms with Crippen molar-refractivity contribution in [2.75, 3.05) is 0 Å². The third-order valence-corrected chi connectivity index (χ3v) is 9.17. The van der Waals surface area contributed by atoms with E-state index in [1.165, 1.54) is 52.4 Å². The van der Waals surface area contributed by atoms with Gasteiger partial charge in [0.25, 0.3) is 0 Å². The minimum Gasteiger partial charge on any atom is -0.478 e. The first-order valence-electron chi connectivity index (χ1n) is 13.2. The summed E-state index contributed by atoms with van der Waals surface area (Å²) < 4.78 is 0. The molecule has 8 heteroatoms. The van der Waals surface area contributed by atoms with Gasteiger partial charge in [0.15, 0.2) is 0 Å². The maximum atomic E-state index is 10.1. The maximum Gasteiger partial charge on any atom is 0.330 e. The molecule has 6 unspecified atom stereocenters. The third-order valence-electron chi connectivity index (χ3n) is 9.17. The average molecular weight is 509 g/mol. The van der Waals surface area contributed by atoms with Gasteiger partial charge < -0.3 is 30.6 Å². The van der Waals surface area contributed by atoms with Crippen LogP contribution in [-0.2, 0) is 9.59 Å². The summed E-state index contributed by atoms with van der Waals surface area (Å²) in [6.07, 6.45) is 9.91. The highest BCUT2D eigenvalue weighted by Gasteiger charge is 2.56. The molecule has 8 saturated carbocycles. The lowest BCUT2D eigenvalue weighted by Crippen LogP contribution is -2.60. The van der Waals surface area contributed by atoms with Crippen LogP contribution in [0.5, 0.6) is 0 Å². The van der Waals surface area contributed by atoms with Crippen molar-refractivity contribution in [3.05, 3.63) is 24.3 Å². The van der Waals surface area contributed by atoms with Gasteiger partial charge in [-0.3, -0.25) is 0 Å². The zero-order chi connectivity index (χ0) is 27.0. The molecule has 0 amide bonds. The number of carboxylic acid groups (broad SMARTS) is 2. The van der Waals surface area contributed by atoms with Gasteiger partial charge in [0.2, 0.25) is 0 Å². The molecule has 36 heavy (non-hydrogen) atoms. The van der Waals surface area contributed by atoms with E-state index in [2.05, 4.69) is 13.2 Å². The van der Waals surface area contributed by atoms with Crippen molar-refractivity contribution in [2.24, 2.45) is 35.5 Å². The quantitative estimate of drug-likeness (QED) is 0.311. The van der Waals surface area contributed by atoms with Crippen molar-refractivity contribution in [3.8, 4) is 0 Å². The number of hydrogen-bond donors (Lipinski definition) is 6. The van der Waals surface area contributed by atoms with Crippen molar-refractivity contribution in [1.82, 2.24) is 0 Å². The largest absolute Gasteiger partial charge is 0.478 e. The fraction of sp³-hybridized carbons (Fsp3) is 0.786. The van der Waals surface area contributed by atoms with Crippen molar-refractivity contribution >= 4 is 11.9 Å². The standard InChI is InChI=1S/2C10H16O2.2C4H6O2/c2*11-9-8-2-6-1-7(3-8)5-10(9,12)4-6;2*1-3(2)4(5)6/h2*6-9,11-12H,1-5H2;2*1H2,2H3,(H,5,6). The molecule has 8 bridgehead atoms. The lowest BCUT2D eigenvalue weighted by Gasteiger charge is -2.57. The summed E-state index contributed by atoms with van der Waals surface area (Å²) in [6.45, 7) is 9.20. The lowest BCUT2D eigenvalue weighted by molar-refractivity contribution is -0.203. The second kappa shape index (κ2) is 10.9. The van der Waals surface area contributed by atoms with Gasteiger partial charge in [-0.2, -0.15) is 0 Å². The van der Waals surface area contributed by atoms with Crippen LogP contribution in [0.25, 0.3) is 0 Å². The van der Waals surface area contributed by atoms with Crippen LogP contribution in [0.2, 0.25) is 0 Å². The Morgan fingerprint density at radius 1 is 0.611 bits per heavy atom. The summed E-state index contributed by atoms with van der Waals surface area (Å²) in [5.41, 5.74) is -1.02. The summed E-state index contributed by atoms with van der Waals surface area (Å²) in [7, 11) is 0. The summed E-state index contributed by atoms with van der Waals surface area (Å²) in [5.74, 6) is 1.84. The predicted molar refractivity (Wildman–Crippen MR) is 134 cm³/mol. The van der Waals surface area contributed by atoms with Crippen molar-refractivity contribution in [2.45, 2.75) is 101 Å². The van der Waals surface area contributed by atoms with E-state index in [1.807, 2.05) is 0 Å². The molecule has 0 aromatic carbocycles. The van der Waals surface area contributed by atoms with Crippen LogP contribution in [0.1, 0.15) is 78.1 Å². The number of aliphatic carboxylic acids is 2. The highest BCUT2D eigenvalue weighted by atomic mass is 16.4. The van der Waals surface area contributed by atoms with Crippen molar-refractivity contribution in [3.63, 3.8) is 0 Å². The number of hydrogen-bond acceptors (Lipinski definition) is 6. The van der Waals surface area contributed by atoms with Gasteiger partial charge in [0, 0.05) is 11.1 Å². The Hall–Kier alpha value is -1.74. The Kier molecular flexibility index (Phi) is 8.76. The van der Waals surface area contributed by atoms with E-state index in [9.17, 15) is 30.0 Å². The molecule has 0 spiro atoms. The molecule has 8 aliphatic rings. The van der Waals surface area contributed by atoms with Crippen LogP contribution in [0.15, 0.2) is 24.3 Å². The minimum absolute atomic E-state index is 0.176. The highest BCUT2D eigenvalue weighted by Crippen LogP contribution is 2.56. The molecular formula is C28H44O8. The Morgan fingerprint density at radius 3 is 1.00 bits per heavy atom. The fourth-order valence-corrected chi connectivity index (χ4v) is 7.94. The fourth-order valence-electron chi connectivity index (χ4n) is 7.94. The Balaban J connectivity index is 0.000000142. The SMILES string of the molecule is C=C(C)C(=O)O.C=C(C)C(=O)O.OC1C2CC3CC(C2)CC1(O)C3.OC1C2CC3CC(C2)CC1(O)C3. The van der Waals surface area contributed by atoms with Gasteiger partial charge in [-0.05, 0) is 114 Å². The zero-order valence-corrected chi connectivity index (χ0v) is 21.6. The molecule has 0 aromatic rings. The van der Waals surface area contributed by atoms with Gasteiger partial charge in [0.1, 0.15) is 0 Å². The Bertz CT molecular complexity index is 744. The van der Waals surface area contributed by atoms with E-state index in [0.29, 0.717) is 11.8 Å². The molecule has 0 radical (unpaired) electrons. The smallest absolute Gasteiger partial charge is 0.330 e. The molecule has 0 saturated heterocycles. The summed E-state index contributed by atoms with van der Waals surface area (Å²) in [6, 6.07) is 0. The Morgan fingerprint density at radius 2 is 0.833 bits per heavy atom. The molecule has 8 rings (SSSR count). The number of rotatable bonds is 2. The molecule has 8 aliphatic carbocycles. The number of aliphatic hydroxyl groups is 4.